The Morgan fingerprint density at radius 3 is 2.84 bits per heavy atom. The average Bonchev–Trinajstić information content (AvgIpc) is 3.00. The molecule has 2 amide bonds. The molecule has 3 atom stereocenters. The number of carbonyl (C=O) groups is 1. The van der Waals surface area contributed by atoms with Crippen LogP contribution in [-0.4, -0.2) is 47.5 Å². The van der Waals surface area contributed by atoms with Crippen LogP contribution in [0.1, 0.15) is 5.56 Å². The predicted molar refractivity (Wildman–Crippen MR) is 94.1 cm³/mol. The number of anilines is 1. The number of benzene rings is 1. The number of aliphatic hydroxyl groups excluding tert-OH is 1. The van der Waals surface area contributed by atoms with Crippen LogP contribution in [0.25, 0.3) is 0 Å². The minimum absolute atomic E-state index is 0.177. The number of amides is 2. The van der Waals surface area contributed by atoms with E-state index in [1.807, 2.05) is 30.3 Å². The van der Waals surface area contributed by atoms with Gasteiger partial charge in [-0.25, -0.2) is 4.79 Å². The van der Waals surface area contributed by atoms with E-state index in [0.29, 0.717) is 18.8 Å². The largest absolute Gasteiger partial charge is 0.389 e. The van der Waals surface area contributed by atoms with Gasteiger partial charge in [-0.2, -0.15) is 0 Å². The van der Waals surface area contributed by atoms with Crippen molar-refractivity contribution in [1.29, 1.82) is 0 Å². The summed E-state index contributed by atoms with van der Waals surface area (Å²) in [5.41, 5.74) is 1.75. The first-order valence-corrected chi connectivity index (χ1v) is 8.24. The lowest BCUT2D eigenvalue weighted by atomic mass is 10.1. The SMILES string of the molecule is O=C(NC[C@H]1OC[C@@H](NCc2cccnc2)[C@@H]1O)Nc1ccccc1. The highest BCUT2D eigenvalue weighted by molar-refractivity contribution is 5.89. The summed E-state index contributed by atoms with van der Waals surface area (Å²) in [6, 6.07) is 12.5. The van der Waals surface area contributed by atoms with Gasteiger partial charge in [-0.3, -0.25) is 4.98 Å². The Labute approximate surface area is 146 Å². The van der Waals surface area contributed by atoms with E-state index >= 15 is 0 Å². The van der Waals surface area contributed by atoms with Gasteiger partial charge >= 0.3 is 6.03 Å². The number of aliphatic hydroxyl groups is 1. The Morgan fingerprint density at radius 1 is 1.24 bits per heavy atom. The van der Waals surface area contributed by atoms with E-state index in [4.69, 9.17) is 4.74 Å². The molecular weight excluding hydrogens is 320 g/mol. The number of hydrogen-bond acceptors (Lipinski definition) is 5. The van der Waals surface area contributed by atoms with Gasteiger partial charge in [0, 0.05) is 31.2 Å². The van der Waals surface area contributed by atoms with Crippen LogP contribution in [0.2, 0.25) is 0 Å². The zero-order valence-electron chi connectivity index (χ0n) is 13.8. The molecule has 4 N–H and O–H groups in total. The van der Waals surface area contributed by atoms with Crippen LogP contribution in [0, 0.1) is 0 Å². The van der Waals surface area contributed by atoms with E-state index in [1.54, 1.807) is 24.5 Å². The molecule has 0 unspecified atom stereocenters. The van der Waals surface area contributed by atoms with Gasteiger partial charge in [0.2, 0.25) is 0 Å². The van der Waals surface area contributed by atoms with Crippen molar-refractivity contribution < 1.29 is 14.6 Å². The topological polar surface area (TPSA) is 95.5 Å². The van der Waals surface area contributed by atoms with Crippen molar-refractivity contribution in [3.63, 3.8) is 0 Å². The molecule has 1 aliphatic rings. The number of rotatable bonds is 6. The fourth-order valence-electron chi connectivity index (χ4n) is 2.68. The predicted octanol–water partition coefficient (Wildman–Crippen LogP) is 1.12. The van der Waals surface area contributed by atoms with Crippen LogP contribution in [0.15, 0.2) is 54.9 Å². The minimum Gasteiger partial charge on any atom is -0.389 e. The maximum atomic E-state index is 11.9. The second-order valence-electron chi connectivity index (χ2n) is 5.91. The lowest BCUT2D eigenvalue weighted by Crippen LogP contribution is -2.45. The van der Waals surface area contributed by atoms with E-state index in [-0.39, 0.29) is 18.6 Å². The molecule has 0 aliphatic carbocycles. The van der Waals surface area contributed by atoms with Crippen molar-refractivity contribution in [3.05, 3.63) is 60.4 Å². The highest BCUT2D eigenvalue weighted by Gasteiger charge is 2.35. The summed E-state index contributed by atoms with van der Waals surface area (Å²) in [5.74, 6) is 0. The molecule has 0 radical (unpaired) electrons. The molecule has 25 heavy (non-hydrogen) atoms. The van der Waals surface area contributed by atoms with Crippen LogP contribution >= 0.6 is 0 Å². The Hall–Kier alpha value is -2.48. The Balaban J connectivity index is 1.41. The van der Waals surface area contributed by atoms with E-state index in [9.17, 15) is 9.90 Å². The molecule has 1 fully saturated rings. The quantitative estimate of drug-likeness (QED) is 0.631. The fourth-order valence-corrected chi connectivity index (χ4v) is 2.68. The lowest BCUT2D eigenvalue weighted by Gasteiger charge is -2.19. The van der Waals surface area contributed by atoms with Crippen molar-refractivity contribution in [2.24, 2.45) is 0 Å². The summed E-state index contributed by atoms with van der Waals surface area (Å²) in [5, 5.41) is 19.1. The molecule has 1 aromatic carbocycles. The van der Waals surface area contributed by atoms with E-state index in [1.165, 1.54) is 0 Å². The molecule has 132 valence electrons. The third-order valence-electron chi connectivity index (χ3n) is 4.07. The average molecular weight is 342 g/mol. The van der Waals surface area contributed by atoms with E-state index < -0.39 is 12.2 Å². The smallest absolute Gasteiger partial charge is 0.319 e. The zero-order chi connectivity index (χ0) is 17.5. The summed E-state index contributed by atoms with van der Waals surface area (Å²) in [6.07, 6.45) is 2.38. The molecule has 7 nitrogen and oxygen atoms in total. The summed E-state index contributed by atoms with van der Waals surface area (Å²) in [7, 11) is 0. The van der Waals surface area contributed by atoms with Gasteiger partial charge in [-0.15, -0.1) is 0 Å². The van der Waals surface area contributed by atoms with Gasteiger partial charge in [0.05, 0.1) is 18.8 Å². The number of pyridine rings is 1. The molecule has 1 saturated heterocycles. The van der Waals surface area contributed by atoms with Crippen molar-refractivity contribution in [2.45, 2.75) is 24.8 Å². The number of nitrogens with zero attached hydrogens (tertiary/aromatic N) is 1. The number of carbonyl (C=O) groups excluding carboxylic acids is 1. The molecule has 7 heteroatoms. The Bertz CT molecular complexity index is 669. The van der Waals surface area contributed by atoms with Crippen LogP contribution < -0.4 is 16.0 Å². The molecule has 0 spiro atoms. The molecule has 0 bridgehead atoms. The van der Waals surface area contributed by atoms with Crippen molar-refractivity contribution >= 4 is 11.7 Å². The molecular formula is C18H22N4O3. The normalized spacial score (nSPS) is 22.5. The van der Waals surface area contributed by atoms with Gasteiger partial charge in [0.25, 0.3) is 0 Å². The van der Waals surface area contributed by atoms with Crippen molar-refractivity contribution in [3.8, 4) is 0 Å². The number of ether oxygens (including phenoxy) is 1. The van der Waals surface area contributed by atoms with Crippen LogP contribution in [0.3, 0.4) is 0 Å². The highest BCUT2D eigenvalue weighted by Crippen LogP contribution is 2.14. The van der Waals surface area contributed by atoms with Gasteiger partial charge in [-0.1, -0.05) is 24.3 Å². The number of nitrogens with one attached hydrogen (secondary N) is 3. The maximum absolute atomic E-state index is 11.9. The number of aromatic nitrogens is 1. The standard InChI is InChI=1S/C18H22N4O3/c23-17-15(20-10-13-5-4-8-19-9-13)12-25-16(17)11-21-18(24)22-14-6-2-1-3-7-14/h1-9,15-17,20,23H,10-12H2,(H2,21,22,24)/t15-,16-,17+/m1/s1. The van der Waals surface area contributed by atoms with Gasteiger partial charge in [-0.05, 0) is 23.8 Å². The monoisotopic (exact) mass is 342 g/mol. The lowest BCUT2D eigenvalue weighted by molar-refractivity contribution is 0.0428. The molecule has 0 saturated carbocycles. The fraction of sp³-hybridized carbons (Fsp3) is 0.333. The van der Waals surface area contributed by atoms with Crippen molar-refractivity contribution in [2.75, 3.05) is 18.5 Å². The summed E-state index contributed by atoms with van der Waals surface area (Å²) >= 11 is 0. The number of urea groups is 1. The Kier molecular flexibility index (Phi) is 5.95. The molecule has 2 aromatic rings. The van der Waals surface area contributed by atoms with Gasteiger partial charge in [0.15, 0.2) is 0 Å². The zero-order valence-corrected chi connectivity index (χ0v) is 13.8. The summed E-state index contributed by atoms with van der Waals surface area (Å²) in [4.78, 5) is 15.9. The van der Waals surface area contributed by atoms with Crippen LogP contribution in [-0.2, 0) is 11.3 Å². The maximum Gasteiger partial charge on any atom is 0.319 e. The second-order valence-corrected chi connectivity index (χ2v) is 5.91. The summed E-state index contributed by atoms with van der Waals surface area (Å²) in [6.45, 7) is 1.24. The van der Waals surface area contributed by atoms with E-state index in [2.05, 4.69) is 20.9 Å². The van der Waals surface area contributed by atoms with E-state index in [0.717, 1.165) is 5.56 Å². The summed E-state index contributed by atoms with van der Waals surface area (Å²) < 4.78 is 5.60. The molecule has 2 heterocycles. The molecule has 1 aromatic heterocycles. The second kappa shape index (κ2) is 8.57. The number of para-hydroxylation sites is 1. The molecule has 3 rings (SSSR count). The van der Waals surface area contributed by atoms with Gasteiger partial charge < -0.3 is 25.8 Å². The van der Waals surface area contributed by atoms with Crippen LogP contribution in [0.5, 0.6) is 0 Å². The first kappa shape index (κ1) is 17.3. The van der Waals surface area contributed by atoms with Crippen molar-refractivity contribution in [1.82, 2.24) is 15.6 Å². The highest BCUT2D eigenvalue weighted by atomic mass is 16.5. The first-order chi connectivity index (χ1) is 12.2. The minimum atomic E-state index is -0.686. The Morgan fingerprint density at radius 2 is 2.08 bits per heavy atom. The third kappa shape index (κ3) is 4.99. The van der Waals surface area contributed by atoms with Crippen LogP contribution in [0.4, 0.5) is 10.5 Å². The van der Waals surface area contributed by atoms with Gasteiger partial charge in [0.1, 0.15) is 6.10 Å². The first-order valence-electron chi connectivity index (χ1n) is 8.24. The molecule has 1 aliphatic heterocycles. The third-order valence-corrected chi connectivity index (χ3v) is 4.07. The number of hydrogen-bond donors (Lipinski definition) is 4.